The molecule has 0 aliphatic heterocycles. The first kappa shape index (κ1) is 19.6. The van der Waals surface area contributed by atoms with Crippen molar-refractivity contribution in [2.75, 3.05) is 0 Å². The van der Waals surface area contributed by atoms with Crippen LogP contribution >= 0.6 is 0 Å². The molecule has 10 aromatic rings. The van der Waals surface area contributed by atoms with E-state index in [9.17, 15) is 8.22 Å². The minimum atomic E-state index is -0.872. The molecule has 0 saturated heterocycles. The summed E-state index contributed by atoms with van der Waals surface area (Å²) in [6.45, 7) is 0. The molecule has 0 aliphatic carbocycles. The van der Waals surface area contributed by atoms with Crippen molar-refractivity contribution in [2.45, 2.75) is 0 Å². The highest BCUT2D eigenvalue weighted by Gasteiger charge is 2.17. The van der Waals surface area contributed by atoms with Crippen LogP contribution in [0.25, 0.3) is 95.0 Å². The Morgan fingerprint density at radius 3 is 1.58 bits per heavy atom. The summed E-state index contributed by atoms with van der Waals surface area (Å²) in [6.07, 6.45) is 0. The third-order valence-corrected chi connectivity index (χ3v) is 9.08. The Bertz CT molecular complexity index is 3820. The topological polar surface area (TPSA) is 43.6 Å². The molecule has 8 aromatic carbocycles. The van der Waals surface area contributed by atoms with Crippen molar-refractivity contribution in [3.8, 4) is 73.2 Å². The molecule has 0 spiro atoms. The smallest absolute Gasteiger partial charge is 0.164 e. The summed E-state index contributed by atoms with van der Waals surface area (Å²) in [4.78, 5) is 14.5. The van der Waals surface area contributed by atoms with Crippen molar-refractivity contribution in [2.24, 2.45) is 0 Å². The average molecular weight is 719 g/mol. The largest absolute Gasteiger partial charge is 0.309 e. The fourth-order valence-corrected chi connectivity index (χ4v) is 6.42. The molecule has 0 N–H and O–H groups in total. The number of aromatic nitrogens is 4. The SMILES string of the molecule is [2H]c1c([2H])c([2H])c(-c2c([2H])c([2H])c(-n3c4c([2H])c([2H])c([2H])c([2H])c4c4c([2H])c(-c5nc(-c6ccc(-c7ccccc7)cc6)nc(-c6cccc(-c7ccccc7)c6)n5)c([2H])c([2H])c43)c([2H])c2[2H])c([2H])c1[2H]. The predicted molar refractivity (Wildman–Crippen MR) is 227 cm³/mol. The number of fused-ring (bicyclic) bond motifs is 3. The first-order valence-corrected chi connectivity index (χ1v) is 17.2. The zero-order chi connectivity index (χ0) is 50.5. The van der Waals surface area contributed by atoms with Crippen molar-refractivity contribution < 1.29 is 21.9 Å². The molecule has 0 bridgehead atoms. The second-order valence-corrected chi connectivity index (χ2v) is 12.5. The molecule has 0 unspecified atom stereocenters. The Balaban J connectivity index is 1.27. The summed E-state index contributed by atoms with van der Waals surface area (Å²) < 4.78 is 144. The van der Waals surface area contributed by atoms with Crippen LogP contribution in [0.4, 0.5) is 0 Å². The molecule has 0 fully saturated rings. The van der Waals surface area contributed by atoms with Gasteiger partial charge in [0.1, 0.15) is 0 Å². The van der Waals surface area contributed by atoms with Gasteiger partial charge in [0.15, 0.2) is 17.5 Å². The van der Waals surface area contributed by atoms with Crippen molar-refractivity contribution >= 4 is 21.8 Å². The van der Waals surface area contributed by atoms with Crippen LogP contribution in [0, 0.1) is 0 Å². The second-order valence-electron chi connectivity index (χ2n) is 12.5. The number of rotatable bonds is 7. The van der Waals surface area contributed by atoms with Gasteiger partial charge in [0.25, 0.3) is 0 Å². The van der Waals surface area contributed by atoms with E-state index in [0.717, 1.165) is 26.8 Å². The monoisotopic (exact) mass is 718 g/mol. The molecule has 2 aromatic heterocycles. The zero-order valence-electron chi connectivity index (χ0n) is 44.7. The lowest BCUT2D eigenvalue weighted by atomic mass is 10.0. The summed E-state index contributed by atoms with van der Waals surface area (Å²) in [7, 11) is 0. The number of hydrogen-bond donors (Lipinski definition) is 0. The van der Waals surface area contributed by atoms with Crippen molar-refractivity contribution in [3.63, 3.8) is 0 Å². The molecule has 4 nitrogen and oxygen atoms in total. The molecule has 0 radical (unpaired) electrons. The highest BCUT2D eigenvalue weighted by atomic mass is 15.0. The van der Waals surface area contributed by atoms with Crippen LogP contribution in [-0.2, 0) is 0 Å². The molecule has 55 heavy (non-hydrogen) atoms. The molecule has 2 heterocycles. The normalized spacial score (nSPS) is 15.3. The fraction of sp³-hybridized carbons (Fsp3) is 0. The Morgan fingerprint density at radius 1 is 0.345 bits per heavy atom. The van der Waals surface area contributed by atoms with E-state index in [1.165, 1.54) is 0 Å². The van der Waals surface area contributed by atoms with Crippen LogP contribution in [0.5, 0.6) is 0 Å². The van der Waals surface area contributed by atoms with Gasteiger partial charge in [-0.05, 0) is 75.7 Å². The maximum atomic E-state index is 9.90. The maximum Gasteiger partial charge on any atom is 0.164 e. The van der Waals surface area contributed by atoms with E-state index in [4.69, 9.17) is 28.7 Å². The van der Waals surface area contributed by atoms with E-state index in [0.29, 0.717) is 11.1 Å². The van der Waals surface area contributed by atoms with Crippen molar-refractivity contribution in [1.29, 1.82) is 0 Å². The van der Waals surface area contributed by atoms with Gasteiger partial charge in [0.2, 0.25) is 0 Å². The van der Waals surface area contributed by atoms with Gasteiger partial charge in [0.05, 0.1) is 33.0 Å². The number of hydrogen-bond acceptors (Lipinski definition) is 3. The lowest BCUT2D eigenvalue weighted by Gasteiger charge is -2.11. The van der Waals surface area contributed by atoms with Gasteiger partial charge >= 0.3 is 0 Å². The van der Waals surface area contributed by atoms with E-state index < -0.39 is 125 Å². The maximum absolute atomic E-state index is 9.90. The predicted octanol–water partition coefficient (Wildman–Crippen LogP) is 13.0. The first-order chi connectivity index (χ1) is 33.9. The van der Waals surface area contributed by atoms with Gasteiger partial charge in [-0.15, -0.1) is 0 Å². The van der Waals surface area contributed by atoms with Crippen LogP contribution in [-0.4, -0.2) is 19.5 Å². The molecule has 0 aliphatic rings. The number of nitrogens with zero attached hydrogens (tertiary/aromatic N) is 4. The quantitative estimate of drug-likeness (QED) is 0.165. The molecular formula is C51H34N4. The average Bonchev–Trinajstić information content (AvgIpc) is 3.75. The minimum Gasteiger partial charge on any atom is -0.309 e. The standard InChI is InChI=1S/C51H34N4/c1-4-13-35(14-5-1)38-23-25-40(26-24-38)49-52-50(42-20-12-19-41(33-42)37-17-8-3-9-18-37)54-51(53-49)43-29-32-48-46(34-43)45-21-10-11-22-47(45)55(48)44-30-27-39(28-31-44)36-15-6-2-7-16-36/h1-34H/i2D,6D,7D,10D,11D,15D,16D,21D,22D,27D,28D,29D,30D,31D,32D,34D. The Hall–Kier alpha value is -7.43. The summed E-state index contributed by atoms with van der Waals surface area (Å²) in [5.41, 5.74) is 1.66. The van der Waals surface area contributed by atoms with E-state index in [2.05, 4.69) is 0 Å². The van der Waals surface area contributed by atoms with E-state index in [-0.39, 0.29) is 33.8 Å². The highest BCUT2D eigenvalue weighted by Crippen LogP contribution is 2.36. The van der Waals surface area contributed by atoms with Gasteiger partial charge in [-0.2, -0.15) is 0 Å². The van der Waals surface area contributed by atoms with Gasteiger partial charge in [0, 0.05) is 33.2 Å². The van der Waals surface area contributed by atoms with E-state index in [1.807, 2.05) is 103 Å². The molecule has 0 amide bonds. The highest BCUT2D eigenvalue weighted by molar-refractivity contribution is 6.10. The van der Waals surface area contributed by atoms with Crippen molar-refractivity contribution in [3.05, 3.63) is 206 Å². The third-order valence-electron chi connectivity index (χ3n) is 9.08. The van der Waals surface area contributed by atoms with Crippen LogP contribution < -0.4 is 0 Å². The van der Waals surface area contributed by atoms with Gasteiger partial charge < -0.3 is 4.57 Å². The van der Waals surface area contributed by atoms with Crippen LogP contribution in [0.3, 0.4) is 0 Å². The summed E-state index contributed by atoms with van der Waals surface area (Å²) in [5.74, 6) is 0.0708. The molecule has 4 heteroatoms. The Kier molecular flexibility index (Phi) is 4.93. The summed E-state index contributed by atoms with van der Waals surface area (Å²) in [5, 5.41) is -0.643. The second kappa shape index (κ2) is 13.8. The van der Waals surface area contributed by atoms with Crippen LogP contribution in [0.2, 0.25) is 0 Å². The van der Waals surface area contributed by atoms with Crippen LogP contribution in [0.1, 0.15) is 21.9 Å². The lowest BCUT2D eigenvalue weighted by molar-refractivity contribution is 1.07. The molecule has 0 atom stereocenters. The number of para-hydroxylation sites is 1. The number of benzene rings is 8. The fourth-order valence-electron chi connectivity index (χ4n) is 6.42. The molecule has 10 rings (SSSR count). The minimum absolute atomic E-state index is 0.146. The van der Waals surface area contributed by atoms with E-state index >= 15 is 0 Å². The van der Waals surface area contributed by atoms with Gasteiger partial charge in [-0.25, -0.2) is 15.0 Å². The molecular weight excluding hydrogens is 669 g/mol. The first-order valence-electron chi connectivity index (χ1n) is 25.2. The molecule has 258 valence electrons. The van der Waals surface area contributed by atoms with E-state index in [1.54, 1.807) is 6.07 Å². The Labute approximate surface area is 342 Å². The summed E-state index contributed by atoms with van der Waals surface area (Å²) >= 11 is 0. The van der Waals surface area contributed by atoms with Crippen molar-refractivity contribution in [1.82, 2.24) is 19.5 Å². The zero-order valence-corrected chi connectivity index (χ0v) is 28.7. The molecule has 0 saturated carbocycles. The lowest BCUT2D eigenvalue weighted by Crippen LogP contribution is -2.00. The van der Waals surface area contributed by atoms with Crippen LogP contribution in [0.15, 0.2) is 206 Å². The van der Waals surface area contributed by atoms with Gasteiger partial charge in [-0.1, -0.05) is 164 Å². The third kappa shape index (κ3) is 6.16. The summed E-state index contributed by atoms with van der Waals surface area (Å²) in [6, 6.07) is 22.1. The Morgan fingerprint density at radius 2 is 0.855 bits per heavy atom. The van der Waals surface area contributed by atoms with Gasteiger partial charge in [-0.3, -0.25) is 0 Å².